The highest BCUT2D eigenvalue weighted by Crippen LogP contribution is 2.29. The first-order valence-corrected chi connectivity index (χ1v) is 11.3. The van der Waals surface area contributed by atoms with E-state index in [0.717, 1.165) is 0 Å². The van der Waals surface area contributed by atoms with Gasteiger partial charge in [0.2, 0.25) is 0 Å². The number of ether oxygens (including phenoxy) is 3. The molecule has 0 aliphatic heterocycles. The minimum atomic E-state index is -0.557. The molecule has 10 heteroatoms. The molecule has 3 rings (SSSR count). The van der Waals surface area contributed by atoms with Crippen LogP contribution in [-0.4, -0.2) is 44.3 Å². The lowest BCUT2D eigenvalue weighted by Crippen LogP contribution is -2.34. The van der Waals surface area contributed by atoms with E-state index in [2.05, 4.69) is 15.8 Å². The largest absolute Gasteiger partial charge is 0.497 e. The first kappa shape index (κ1) is 26.2. The number of carbonyl (C=O) groups is 3. The van der Waals surface area contributed by atoms with E-state index in [1.807, 2.05) is 0 Å². The van der Waals surface area contributed by atoms with Crippen molar-refractivity contribution in [1.29, 1.82) is 0 Å². The van der Waals surface area contributed by atoms with E-state index in [4.69, 9.17) is 25.8 Å². The molecule has 2 amide bonds. The zero-order valence-corrected chi connectivity index (χ0v) is 20.4. The quantitative estimate of drug-likeness (QED) is 0.186. The van der Waals surface area contributed by atoms with Crippen molar-refractivity contribution in [3.63, 3.8) is 0 Å². The van der Waals surface area contributed by atoms with E-state index in [1.165, 1.54) is 13.3 Å². The fraction of sp³-hybridized carbons (Fsp3) is 0.154. The molecule has 0 aliphatic carbocycles. The number of methoxy groups -OCH3 is 1. The molecule has 0 heterocycles. The van der Waals surface area contributed by atoms with Gasteiger partial charge < -0.3 is 19.5 Å². The molecule has 36 heavy (non-hydrogen) atoms. The zero-order valence-electron chi connectivity index (χ0n) is 19.6. The molecule has 3 aromatic rings. The Kier molecular flexibility index (Phi) is 9.41. The Labute approximate surface area is 213 Å². The third-order valence-corrected chi connectivity index (χ3v) is 4.97. The summed E-state index contributed by atoms with van der Waals surface area (Å²) in [5.41, 5.74) is 3.67. The Hall–Kier alpha value is -4.37. The molecular formula is C26H24ClN3O6. The number of halogens is 1. The van der Waals surface area contributed by atoms with Crippen LogP contribution in [-0.2, 0) is 4.79 Å². The summed E-state index contributed by atoms with van der Waals surface area (Å²) < 4.78 is 16.1. The van der Waals surface area contributed by atoms with Gasteiger partial charge in [-0.05, 0) is 79.2 Å². The van der Waals surface area contributed by atoms with Crippen molar-refractivity contribution in [3.8, 4) is 17.2 Å². The number of nitrogens with one attached hydrogen (secondary N) is 2. The van der Waals surface area contributed by atoms with Gasteiger partial charge in [-0.25, -0.2) is 10.2 Å². The fourth-order valence-corrected chi connectivity index (χ4v) is 3.05. The maximum absolute atomic E-state index is 12.4. The molecule has 0 spiro atoms. The standard InChI is InChI=1S/C26H24ClN3O6/c1-3-35-23-14-17(4-13-22(23)36-26(33)19-5-9-20(27)10-6-19)15-29-30-24(31)16-28-25(32)18-7-11-21(34-2)12-8-18/h4-15H,3,16H2,1-2H3,(H,28,32)(H,30,31). The van der Waals surface area contributed by atoms with E-state index in [-0.39, 0.29) is 12.3 Å². The van der Waals surface area contributed by atoms with Gasteiger partial charge >= 0.3 is 5.97 Å². The predicted octanol–water partition coefficient (Wildman–Crippen LogP) is 3.85. The summed E-state index contributed by atoms with van der Waals surface area (Å²) in [6, 6.07) is 17.6. The van der Waals surface area contributed by atoms with E-state index >= 15 is 0 Å². The number of nitrogens with zero attached hydrogens (tertiary/aromatic N) is 1. The normalized spacial score (nSPS) is 10.5. The van der Waals surface area contributed by atoms with Gasteiger partial charge in [0.1, 0.15) is 5.75 Å². The van der Waals surface area contributed by atoms with Gasteiger partial charge in [-0.2, -0.15) is 5.10 Å². The van der Waals surface area contributed by atoms with Crippen LogP contribution in [0.25, 0.3) is 0 Å². The molecule has 2 N–H and O–H groups in total. The number of hydrogen-bond donors (Lipinski definition) is 2. The molecule has 0 saturated carbocycles. The van der Waals surface area contributed by atoms with Gasteiger partial charge in [0.25, 0.3) is 11.8 Å². The third-order valence-electron chi connectivity index (χ3n) is 4.71. The minimum Gasteiger partial charge on any atom is -0.497 e. The summed E-state index contributed by atoms with van der Waals surface area (Å²) in [5, 5.41) is 6.92. The van der Waals surface area contributed by atoms with Gasteiger partial charge in [-0.15, -0.1) is 0 Å². The van der Waals surface area contributed by atoms with Gasteiger partial charge in [-0.3, -0.25) is 9.59 Å². The molecular weight excluding hydrogens is 486 g/mol. The van der Waals surface area contributed by atoms with Crippen LogP contribution in [0.15, 0.2) is 71.8 Å². The second-order valence-corrected chi connectivity index (χ2v) is 7.68. The molecule has 3 aromatic carbocycles. The molecule has 0 atom stereocenters. The van der Waals surface area contributed by atoms with Crippen molar-refractivity contribution >= 4 is 35.6 Å². The van der Waals surface area contributed by atoms with Crippen molar-refractivity contribution < 1.29 is 28.6 Å². The lowest BCUT2D eigenvalue weighted by molar-refractivity contribution is -0.120. The second-order valence-electron chi connectivity index (χ2n) is 7.24. The number of hydrogen-bond acceptors (Lipinski definition) is 7. The van der Waals surface area contributed by atoms with Crippen LogP contribution in [0, 0.1) is 0 Å². The first-order valence-electron chi connectivity index (χ1n) is 10.9. The van der Waals surface area contributed by atoms with Crippen LogP contribution in [0.4, 0.5) is 0 Å². The average molecular weight is 510 g/mol. The van der Waals surface area contributed by atoms with Crippen LogP contribution in [0.3, 0.4) is 0 Å². The predicted molar refractivity (Wildman–Crippen MR) is 135 cm³/mol. The monoisotopic (exact) mass is 509 g/mol. The van der Waals surface area contributed by atoms with E-state index in [1.54, 1.807) is 73.7 Å². The lowest BCUT2D eigenvalue weighted by Gasteiger charge is -2.11. The van der Waals surface area contributed by atoms with Gasteiger partial charge in [0, 0.05) is 10.6 Å². The summed E-state index contributed by atoms with van der Waals surface area (Å²) >= 11 is 5.85. The molecule has 0 aromatic heterocycles. The number of benzene rings is 3. The van der Waals surface area contributed by atoms with Crippen LogP contribution in [0.5, 0.6) is 17.2 Å². The van der Waals surface area contributed by atoms with Crippen molar-refractivity contribution in [2.75, 3.05) is 20.3 Å². The first-order chi connectivity index (χ1) is 17.4. The third kappa shape index (κ3) is 7.57. The lowest BCUT2D eigenvalue weighted by atomic mass is 10.2. The maximum Gasteiger partial charge on any atom is 0.343 e. The zero-order chi connectivity index (χ0) is 25.9. The average Bonchev–Trinajstić information content (AvgIpc) is 2.89. The van der Waals surface area contributed by atoms with Gasteiger partial charge in [-0.1, -0.05) is 11.6 Å². The second kappa shape index (κ2) is 12.9. The fourth-order valence-electron chi connectivity index (χ4n) is 2.93. The van der Waals surface area contributed by atoms with Crippen LogP contribution in [0.1, 0.15) is 33.2 Å². The number of esters is 1. The number of amides is 2. The maximum atomic E-state index is 12.4. The Balaban J connectivity index is 1.55. The van der Waals surface area contributed by atoms with Gasteiger partial charge in [0.15, 0.2) is 11.5 Å². The Morgan fingerprint density at radius 3 is 2.31 bits per heavy atom. The molecule has 0 aliphatic rings. The summed E-state index contributed by atoms with van der Waals surface area (Å²) in [4.78, 5) is 36.6. The summed E-state index contributed by atoms with van der Waals surface area (Å²) in [5.74, 6) is -0.272. The number of carbonyl (C=O) groups excluding carboxylic acids is 3. The van der Waals surface area contributed by atoms with Crippen molar-refractivity contribution in [2.45, 2.75) is 6.92 Å². The van der Waals surface area contributed by atoms with Crippen LogP contribution in [0.2, 0.25) is 5.02 Å². The molecule has 0 unspecified atom stereocenters. The highest BCUT2D eigenvalue weighted by Gasteiger charge is 2.13. The SMILES string of the molecule is CCOc1cc(C=NNC(=O)CNC(=O)c2ccc(OC)cc2)ccc1OC(=O)c1ccc(Cl)cc1. The molecule has 186 valence electrons. The van der Waals surface area contributed by atoms with E-state index in [9.17, 15) is 14.4 Å². The Bertz CT molecular complexity index is 1240. The minimum absolute atomic E-state index is 0.235. The van der Waals surface area contributed by atoms with Crippen molar-refractivity contribution in [2.24, 2.45) is 5.10 Å². The molecule has 9 nitrogen and oxygen atoms in total. The summed E-state index contributed by atoms with van der Waals surface area (Å²) in [6.07, 6.45) is 1.40. The summed E-state index contributed by atoms with van der Waals surface area (Å²) in [7, 11) is 1.53. The van der Waals surface area contributed by atoms with Crippen LogP contribution >= 0.6 is 11.6 Å². The molecule has 0 saturated heterocycles. The smallest absolute Gasteiger partial charge is 0.343 e. The topological polar surface area (TPSA) is 115 Å². The van der Waals surface area contributed by atoms with Crippen molar-refractivity contribution in [3.05, 3.63) is 88.4 Å². The highest BCUT2D eigenvalue weighted by molar-refractivity contribution is 6.30. The summed E-state index contributed by atoms with van der Waals surface area (Å²) in [6.45, 7) is 1.88. The highest BCUT2D eigenvalue weighted by atomic mass is 35.5. The van der Waals surface area contributed by atoms with Gasteiger partial charge in [0.05, 0.1) is 32.0 Å². The molecule has 0 radical (unpaired) electrons. The van der Waals surface area contributed by atoms with Crippen LogP contribution < -0.4 is 25.0 Å². The number of hydrazone groups is 1. The van der Waals surface area contributed by atoms with E-state index in [0.29, 0.717) is 39.8 Å². The Morgan fingerprint density at radius 2 is 1.64 bits per heavy atom. The molecule has 0 bridgehead atoms. The Morgan fingerprint density at radius 1 is 0.944 bits per heavy atom. The van der Waals surface area contributed by atoms with E-state index < -0.39 is 17.8 Å². The van der Waals surface area contributed by atoms with Crippen molar-refractivity contribution in [1.82, 2.24) is 10.7 Å². The number of rotatable bonds is 10. The molecule has 0 fully saturated rings.